The number of hydrogen-bond donors (Lipinski definition) is 1. The van der Waals surface area contributed by atoms with Gasteiger partial charge in [-0.1, -0.05) is 36.8 Å². The number of aliphatic carboxylic acids is 1. The number of aromatic nitrogens is 1. The van der Waals surface area contributed by atoms with Crippen LogP contribution < -0.4 is 9.64 Å². The summed E-state index contributed by atoms with van der Waals surface area (Å²) in [6.07, 6.45) is 1.88. The first-order valence-electron chi connectivity index (χ1n) is 14.6. The Kier molecular flexibility index (Phi) is 9.25. The molecule has 0 saturated carbocycles. The van der Waals surface area contributed by atoms with Crippen LogP contribution in [0.5, 0.6) is 5.75 Å². The van der Waals surface area contributed by atoms with Crippen molar-refractivity contribution in [3.8, 4) is 17.0 Å². The average molecular weight is 577 g/mol. The number of piperidine rings is 1. The molecule has 2 aliphatic heterocycles. The molecular formula is C32H40N4O4S. The summed E-state index contributed by atoms with van der Waals surface area (Å²) in [5, 5.41) is 12.3. The summed E-state index contributed by atoms with van der Waals surface area (Å²) in [5.74, 6) is 0.0956. The number of carboxylic acids is 1. The lowest BCUT2D eigenvalue weighted by atomic mass is 9.97. The molecule has 218 valence electrons. The Morgan fingerprint density at radius 1 is 1.02 bits per heavy atom. The first-order chi connectivity index (χ1) is 19.8. The van der Waals surface area contributed by atoms with Gasteiger partial charge in [-0.2, -0.15) is 0 Å². The van der Waals surface area contributed by atoms with E-state index in [1.807, 2.05) is 17.9 Å². The maximum Gasteiger partial charge on any atom is 0.306 e. The Bertz CT molecular complexity index is 1370. The van der Waals surface area contributed by atoms with Gasteiger partial charge in [-0.3, -0.25) is 14.5 Å². The lowest BCUT2D eigenvalue weighted by molar-refractivity contribution is -0.142. The fourth-order valence-electron chi connectivity index (χ4n) is 5.63. The van der Waals surface area contributed by atoms with Crippen LogP contribution in [-0.2, 0) is 22.7 Å². The molecule has 0 bridgehead atoms. The van der Waals surface area contributed by atoms with Crippen molar-refractivity contribution in [2.24, 2.45) is 5.92 Å². The topological polar surface area (TPSA) is 86.2 Å². The van der Waals surface area contributed by atoms with Gasteiger partial charge in [0, 0.05) is 63.2 Å². The summed E-state index contributed by atoms with van der Waals surface area (Å²) in [7, 11) is 0. The van der Waals surface area contributed by atoms with Crippen molar-refractivity contribution in [3.63, 3.8) is 0 Å². The van der Waals surface area contributed by atoms with Crippen LogP contribution in [0.15, 0.2) is 41.8 Å². The third kappa shape index (κ3) is 7.08. The standard InChI is InChI=1S/C32H40N4O4S/c1-4-30(37)35-15-13-34(14-16-35)19-24-6-7-26(23(3)18-24)20-40-29-8-5-22(2)17-27(29)28-21-41-32(33-28)36-11-9-25(10-12-36)31(38)39/h5-8,17-18,21,25H,4,9-16,19-20H2,1-3H3,(H,38,39). The Balaban J connectivity index is 1.21. The highest BCUT2D eigenvalue weighted by Crippen LogP contribution is 2.36. The van der Waals surface area contributed by atoms with Crippen molar-refractivity contribution in [2.45, 2.75) is 53.2 Å². The minimum absolute atomic E-state index is 0.245. The molecule has 2 saturated heterocycles. The SMILES string of the molecule is CCC(=O)N1CCN(Cc2ccc(COc3ccc(C)cc3-c3csc(N4CCC(C(=O)O)CC4)n3)c(C)c2)CC1. The van der Waals surface area contributed by atoms with E-state index in [1.54, 1.807) is 11.3 Å². The van der Waals surface area contributed by atoms with E-state index in [-0.39, 0.29) is 11.8 Å². The number of amides is 1. The largest absolute Gasteiger partial charge is 0.488 e. The molecule has 1 aromatic heterocycles. The summed E-state index contributed by atoms with van der Waals surface area (Å²) in [6, 6.07) is 12.8. The number of ether oxygens (including phenoxy) is 1. The monoisotopic (exact) mass is 576 g/mol. The first kappa shape index (κ1) is 29.1. The minimum Gasteiger partial charge on any atom is -0.488 e. The predicted octanol–water partition coefficient (Wildman–Crippen LogP) is 5.36. The van der Waals surface area contributed by atoms with E-state index in [0.717, 1.165) is 66.0 Å². The Morgan fingerprint density at radius 3 is 2.46 bits per heavy atom. The molecule has 2 aliphatic rings. The molecule has 1 N–H and O–H groups in total. The van der Waals surface area contributed by atoms with Crippen LogP contribution in [0, 0.1) is 19.8 Å². The van der Waals surface area contributed by atoms with Gasteiger partial charge in [0.1, 0.15) is 12.4 Å². The van der Waals surface area contributed by atoms with E-state index >= 15 is 0 Å². The van der Waals surface area contributed by atoms with Gasteiger partial charge in [0.2, 0.25) is 5.91 Å². The predicted molar refractivity (Wildman–Crippen MR) is 163 cm³/mol. The number of anilines is 1. The Hall–Kier alpha value is -3.43. The molecule has 2 aromatic carbocycles. The number of carbonyl (C=O) groups excluding carboxylic acids is 1. The van der Waals surface area contributed by atoms with Crippen LogP contribution in [0.1, 0.15) is 48.4 Å². The quantitative estimate of drug-likeness (QED) is 0.367. The second-order valence-electron chi connectivity index (χ2n) is 11.2. The number of hydrogen-bond acceptors (Lipinski definition) is 7. The van der Waals surface area contributed by atoms with E-state index in [4.69, 9.17) is 9.72 Å². The van der Waals surface area contributed by atoms with Gasteiger partial charge in [0.25, 0.3) is 0 Å². The van der Waals surface area contributed by atoms with Crippen molar-refractivity contribution in [1.82, 2.24) is 14.8 Å². The molecule has 9 heteroatoms. The highest BCUT2D eigenvalue weighted by Gasteiger charge is 2.26. The molecule has 3 heterocycles. The molecule has 0 unspecified atom stereocenters. The molecule has 41 heavy (non-hydrogen) atoms. The second-order valence-corrected chi connectivity index (χ2v) is 12.0. The molecule has 8 nitrogen and oxygen atoms in total. The minimum atomic E-state index is -0.699. The van der Waals surface area contributed by atoms with E-state index in [2.05, 4.69) is 59.4 Å². The third-order valence-corrected chi connectivity index (χ3v) is 9.14. The number of carbonyl (C=O) groups is 2. The number of benzene rings is 2. The molecule has 0 aliphatic carbocycles. The lowest BCUT2D eigenvalue weighted by Gasteiger charge is -2.34. The maximum absolute atomic E-state index is 12.0. The molecule has 1 amide bonds. The van der Waals surface area contributed by atoms with Gasteiger partial charge in [-0.25, -0.2) is 4.98 Å². The summed E-state index contributed by atoms with van der Waals surface area (Å²) < 4.78 is 6.38. The fraction of sp³-hybridized carbons (Fsp3) is 0.469. The second kappa shape index (κ2) is 13.0. The maximum atomic E-state index is 12.0. The van der Waals surface area contributed by atoms with Crippen LogP contribution in [-0.4, -0.2) is 71.0 Å². The average Bonchev–Trinajstić information content (AvgIpc) is 3.47. The highest BCUT2D eigenvalue weighted by atomic mass is 32.1. The molecule has 2 fully saturated rings. The van der Waals surface area contributed by atoms with Gasteiger partial charge >= 0.3 is 5.97 Å². The van der Waals surface area contributed by atoms with E-state index < -0.39 is 5.97 Å². The molecule has 3 aromatic rings. The van der Waals surface area contributed by atoms with Crippen molar-refractivity contribution >= 4 is 28.3 Å². The summed E-state index contributed by atoms with van der Waals surface area (Å²) in [4.78, 5) is 34.8. The van der Waals surface area contributed by atoms with Crippen molar-refractivity contribution in [2.75, 3.05) is 44.2 Å². The molecule has 0 radical (unpaired) electrons. The highest BCUT2D eigenvalue weighted by molar-refractivity contribution is 7.14. The lowest BCUT2D eigenvalue weighted by Crippen LogP contribution is -2.48. The number of nitrogens with zero attached hydrogens (tertiary/aromatic N) is 4. The van der Waals surface area contributed by atoms with E-state index in [1.165, 1.54) is 11.1 Å². The Labute approximate surface area is 246 Å². The number of rotatable bonds is 9. The van der Waals surface area contributed by atoms with E-state index in [0.29, 0.717) is 39.0 Å². The smallest absolute Gasteiger partial charge is 0.306 e. The van der Waals surface area contributed by atoms with Gasteiger partial charge < -0.3 is 19.6 Å². The first-order valence-corrected chi connectivity index (χ1v) is 15.4. The van der Waals surface area contributed by atoms with Gasteiger partial charge in [-0.15, -0.1) is 11.3 Å². The summed E-state index contributed by atoms with van der Waals surface area (Å²) in [5.41, 5.74) is 6.64. The van der Waals surface area contributed by atoms with Gasteiger partial charge in [0.05, 0.1) is 11.6 Å². The number of aryl methyl sites for hydroxylation is 2. The van der Waals surface area contributed by atoms with Crippen molar-refractivity contribution < 1.29 is 19.4 Å². The zero-order valence-electron chi connectivity index (χ0n) is 24.3. The van der Waals surface area contributed by atoms with Crippen LogP contribution in [0.4, 0.5) is 5.13 Å². The summed E-state index contributed by atoms with van der Waals surface area (Å²) in [6.45, 7) is 12.3. The zero-order valence-corrected chi connectivity index (χ0v) is 25.1. The van der Waals surface area contributed by atoms with Crippen molar-refractivity contribution in [3.05, 3.63) is 64.0 Å². The normalized spacial score (nSPS) is 16.7. The van der Waals surface area contributed by atoms with Gasteiger partial charge in [0.15, 0.2) is 5.13 Å². The van der Waals surface area contributed by atoms with Crippen LogP contribution in [0.25, 0.3) is 11.3 Å². The van der Waals surface area contributed by atoms with Crippen molar-refractivity contribution in [1.29, 1.82) is 0 Å². The van der Waals surface area contributed by atoms with Gasteiger partial charge in [-0.05, 0) is 55.5 Å². The van der Waals surface area contributed by atoms with Crippen LogP contribution in [0.3, 0.4) is 0 Å². The zero-order chi connectivity index (χ0) is 28.9. The third-order valence-electron chi connectivity index (χ3n) is 8.24. The van der Waals surface area contributed by atoms with E-state index in [9.17, 15) is 14.7 Å². The number of thiazole rings is 1. The molecule has 0 spiro atoms. The Morgan fingerprint density at radius 2 is 1.78 bits per heavy atom. The molecule has 0 atom stereocenters. The number of carboxylic acid groups (broad SMARTS) is 1. The van der Waals surface area contributed by atoms with Crippen LogP contribution in [0.2, 0.25) is 0 Å². The summed E-state index contributed by atoms with van der Waals surface area (Å²) >= 11 is 1.60. The molecule has 5 rings (SSSR count). The van der Waals surface area contributed by atoms with Crippen LogP contribution >= 0.6 is 11.3 Å². The molecular weight excluding hydrogens is 536 g/mol. The number of piperazine rings is 1. The fourth-order valence-corrected chi connectivity index (χ4v) is 6.51.